The molecule has 2 aliphatic carbocycles. The van der Waals surface area contributed by atoms with Crippen LogP contribution in [0.3, 0.4) is 0 Å². The molecule has 232 valence electrons. The highest BCUT2D eigenvalue weighted by molar-refractivity contribution is 7.92. The number of rotatable bonds is 6. The third-order valence-electron chi connectivity index (χ3n) is 8.59. The molecule has 0 radical (unpaired) electrons. The van der Waals surface area contributed by atoms with E-state index >= 15 is 0 Å². The fraction of sp³-hybridized carbons (Fsp3) is 0.536. The molecule has 5 nitrogen and oxygen atoms in total. The number of nitrogens with one attached hydrogen (secondary N) is 1. The molecule has 1 fully saturated rings. The number of benzene rings is 2. The van der Waals surface area contributed by atoms with Crippen molar-refractivity contribution in [3.63, 3.8) is 0 Å². The molecule has 1 saturated carbocycles. The molecule has 0 aliphatic heterocycles. The summed E-state index contributed by atoms with van der Waals surface area (Å²) in [6.07, 6.45) is -12.8. The van der Waals surface area contributed by atoms with Gasteiger partial charge in [-0.25, -0.2) is 17.2 Å². The van der Waals surface area contributed by atoms with Crippen LogP contribution in [0.5, 0.6) is 0 Å². The minimum absolute atomic E-state index is 0.0262. The summed E-state index contributed by atoms with van der Waals surface area (Å²) in [4.78, 5) is 12.2. The largest absolute Gasteiger partial charge is 0.435 e. The molecular weight excluding hydrogens is 598 g/mol. The summed E-state index contributed by atoms with van der Waals surface area (Å²) in [6.45, 7) is 4.13. The standard InChI is InChI=1S/C28H29F8NO4S/c1-15(37-23(38)24(2,3)39)20-12-13-25(42(40,41)19-8-6-18(29)7-9-19)21-11-5-17(14-16(21)4-10-22(20)25)26(30,27(31,32)33)28(34,35)36/h5-9,11,14-15,20,22,39H,4,10,12-13H2,1-3H3,(H,37,38)/t15?,20-,22-,25+/m0/s1. The molecule has 0 aromatic heterocycles. The molecule has 2 aromatic carbocycles. The van der Waals surface area contributed by atoms with Gasteiger partial charge in [-0.15, -0.1) is 0 Å². The number of aryl methyl sites for hydroxylation is 1. The fourth-order valence-electron chi connectivity index (χ4n) is 6.51. The van der Waals surface area contributed by atoms with Crippen molar-refractivity contribution in [2.45, 2.75) is 85.8 Å². The van der Waals surface area contributed by atoms with Crippen LogP contribution >= 0.6 is 0 Å². The van der Waals surface area contributed by atoms with E-state index in [4.69, 9.17) is 0 Å². The van der Waals surface area contributed by atoms with Crippen LogP contribution in [-0.2, 0) is 31.5 Å². The van der Waals surface area contributed by atoms with Gasteiger partial charge in [0.1, 0.15) is 16.2 Å². The number of carbonyl (C=O) groups excluding carboxylic acids is 1. The zero-order chi connectivity index (χ0) is 31.7. The maximum Gasteiger partial charge on any atom is 0.435 e. The number of amides is 1. The molecule has 4 atom stereocenters. The van der Waals surface area contributed by atoms with E-state index in [-0.39, 0.29) is 41.7 Å². The van der Waals surface area contributed by atoms with Gasteiger partial charge in [0.15, 0.2) is 9.84 Å². The topological polar surface area (TPSA) is 83.5 Å². The molecule has 2 aromatic rings. The van der Waals surface area contributed by atoms with Crippen molar-refractivity contribution in [2.24, 2.45) is 11.8 Å². The minimum atomic E-state index is -6.35. The van der Waals surface area contributed by atoms with E-state index in [1.54, 1.807) is 6.92 Å². The van der Waals surface area contributed by atoms with Crippen molar-refractivity contribution in [2.75, 3.05) is 0 Å². The predicted molar refractivity (Wildman–Crippen MR) is 135 cm³/mol. The highest BCUT2D eigenvalue weighted by atomic mass is 32.2. The molecule has 0 bridgehead atoms. The van der Waals surface area contributed by atoms with Crippen LogP contribution in [-0.4, -0.2) is 43.4 Å². The Morgan fingerprint density at radius 1 is 0.976 bits per heavy atom. The fourth-order valence-corrected chi connectivity index (χ4v) is 8.99. The van der Waals surface area contributed by atoms with Gasteiger partial charge in [-0.3, -0.25) is 4.79 Å². The summed E-state index contributed by atoms with van der Waals surface area (Å²) >= 11 is 0. The van der Waals surface area contributed by atoms with Crippen LogP contribution in [0.1, 0.15) is 56.7 Å². The third kappa shape index (κ3) is 4.87. The van der Waals surface area contributed by atoms with E-state index in [0.29, 0.717) is 12.1 Å². The zero-order valence-corrected chi connectivity index (χ0v) is 23.5. The summed E-state index contributed by atoms with van der Waals surface area (Å²) in [6, 6.07) is 4.73. The molecule has 0 spiro atoms. The van der Waals surface area contributed by atoms with Crippen LogP contribution in [0.2, 0.25) is 0 Å². The Balaban J connectivity index is 1.90. The average Bonchev–Trinajstić information content (AvgIpc) is 3.28. The van der Waals surface area contributed by atoms with Crippen molar-refractivity contribution in [1.29, 1.82) is 0 Å². The van der Waals surface area contributed by atoms with Crippen molar-refractivity contribution >= 4 is 15.7 Å². The first kappa shape index (κ1) is 32.2. The Bertz CT molecular complexity index is 1450. The maximum absolute atomic E-state index is 14.9. The van der Waals surface area contributed by atoms with Crippen molar-refractivity contribution < 1.29 is 53.4 Å². The molecule has 1 unspecified atom stereocenters. The van der Waals surface area contributed by atoms with Gasteiger partial charge in [-0.05, 0) is 93.7 Å². The monoisotopic (exact) mass is 627 g/mol. The molecule has 42 heavy (non-hydrogen) atoms. The smallest absolute Gasteiger partial charge is 0.381 e. The van der Waals surface area contributed by atoms with E-state index in [1.807, 2.05) is 0 Å². The second kappa shape index (κ2) is 10.2. The summed E-state index contributed by atoms with van der Waals surface area (Å²) < 4.78 is 136. The third-order valence-corrected chi connectivity index (χ3v) is 11.2. The van der Waals surface area contributed by atoms with Crippen LogP contribution < -0.4 is 5.32 Å². The number of hydrogen-bond acceptors (Lipinski definition) is 4. The minimum Gasteiger partial charge on any atom is -0.381 e. The van der Waals surface area contributed by atoms with Gasteiger partial charge in [-0.1, -0.05) is 18.2 Å². The molecule has 4 rings (SSSR count). The van der Waals surface area contributed by atoms with Gasteiger partial charge in [0.05, 0.1) is 4.90 Å². The molecule has 0 heterocycles. The van der Waals surface area contributed by atoms with Gasteiger partial charge in [0, 0.05) is 11.6 Å². The van der Waals surface area contributed by atoms with Crippen LogP contribution in [0.25, 0.3) is 0 Å². The molecule has 2 aliphatic rings. The van der Waals surface area contributed by atoms with Crippen LogP contribution in [0, 0.1) is 17.7 Å². The molecule has 1 amide bonds. The lowest BCUT2D eigenvalue weighted by Crippen LogP contribution is -2.52. The highest BCUT2D eigenvalue weighted by Gasteiger charge is 2.73. The SMILES string of the molecule is CC(NC(=O)C(C)(C)O)[C@@H]1CC[C@@]2(S(=O)(=O)c3ccc(F)cc3)c3ccc(C(F)(C(F)(F)F)C(F)(F)F)cc3CC[C@@H]12. The number of aliphatic hydroxyl groups is 1. The molecular formula is C28H29F8NO4S. The van der Waals surface area contributed by atoms with Crippen molar-refractivity contribution in [1.82, 2.24) is 5.32 Å². The molecule has 2 N–H and O–H groups in total. The lowest BCUT2D eigenvalue weighted by Gasteiger charge is -2.44. The molecule has 0 saturated heterocycles. The van der Waals surface area contributed by atoms with Crippen molar-refractivity contribution in [3.8, 4) is 0 Å². The van der Waals surface area contributed by atoms with Gasteiger partial charge in [0.2, 0.25) is 0 Å². The van der Waals surface area contributed by atoms with Gasteiger partial charge in [-0.2, -0.15) is 26.3 Å². The van der Waals surface area contributed by atoms with Crippen LogP contribution in [0.15, 0.2) is 47.4 Å². The van der Waals surface area contributed by atoms with E-state index in [9.17, 15) is 53.4 Å². The maximum atomic E-state index is 14.9. The summed E-state index contributed by atoms with van der Waals surface area (Å²) in [5.74, 6) is -2.79. The Morgan fingerprint density at radius 2 is 1.55 bits per heavy atom. The van der Waals surface area contributed by atoms with Crippen molar-refractivity contribution in [3.05, 3.63) is 65.0 Å². The van der Waals surface area contributed by atoms with Gasteiger partial charge >= 0.3 is 18.0 Å². The number of hydrogen-bond donors (Lipinski definition) is 2. The van der Waals surface area contributed by atoms with E-state index in [0.717, 1.165) is 30.3 Å². The number of carbonyl (C=O) groups is 1. The number of sulfone groups is 1. The number of halogens is 8. The first-order valence-electron chi connectivity index (χ1n) is 13.1. The Hall–Kier alpha value is -2.74. The van der Waals surface area contributed by atoms with E-state index < -0.39 is 73.4 Å². The lowest BCUT2D eigenvalue weighted by atomic mass is 9.71. The number of fused-ring (bicyclic) bond motifs is 3. The average molecular weight is 628 g/mol. The Labute approximate surface area is 237 Å². The van der Waals surface area contributed by atoms with E-state index in [1.165, 1.54) is 13.8 Å². The first-order chi connectivity index (χ1) is 19.1. The van der Waals surface area contributed by atoms with E-state index in [2.05, 4.69) is 5.32 Å². The second-order valence-corrected chi connectivity index (χ2v) is 13.7. The van der Waals surface area contributed by atoms with Gasteiger partial charge < -0.3 is 10.4 Å². The molecule has 14 heteroatoms. The number of alkyl halides is 7. The predicted octanol–water partition coefficient (Wildman–Crippen LogP) is 6.03. The quantitative estimate of drug-likeness (QED) is 0.303. The summed E-state index contributed by atoms with van der Waals surface area (Å²) in [5.41, 5.74) is -9.41. The Kier molecular flexibility index (Phi) is 7.79. The highest BCUT2D eigenvalue weighted by Crippen LogP contribution is 2.61. The normalized spacial score (nSPS) is 24.1. The first-order valence-corrected chi connectivity index (χ1v) is 14.6. The second-order valence-electron chi connectivity index (χ2n) is 11.5. The lowest BCUT2D eigenvalue weighted by molar-refractivity contribution is -0.348. The Morgan fingerprint density at radius 3 is 2.07 bits per heavy atom. The zero-order valence-electron chi connectivity index (χ0n) is 22.7. The van der Waals surface area contributed by atoms with Crippen LogP contribution in [0.4, 0.5) is 35.1 Å². The summed E-state index contributed by atoms with van der Waals surface area (Å²) in [5, 5.41) is 12.7. The van der Waals surface area contributed by atoms with Gasteiger partial charge in [0.25, 0.3) is 5.91 Å². The summed E-state index contributed by atoms with van der Waals surface area (Å²) in [7, 11) is -4.49.